The SMILES string of the molecule is Cc1oc2ccccc2c1C(=O)NC(CCNC(=O)c1cccn1C)Cc1ccccc1. The van der Waals surface area contributed by atoms with Crippen LogP contribution in [0.3, 0.4) is 0 Å². The van der Waals surface area contributed by atoms with Crippen LogP contribution >= 0.6 is 0 Å². The molecule has 0 saturated carbocycles. The van der Waals surface area contributed by atoms with Crippen LogP contribution in [-0.2, 0) is 13.5 Å². The standard InChI is InChI=1S/C26H27N3O3/c1-18-24(21-11-6-7-13-23(21)32-18)26(31)28-20(17-19-9-4-3-5-10-19)14-15-27-25(30)22-12-8-16-29(22)2/h3-13,16,20H,14-15,17H2,1-2H3,(H,27,30)(H,28,31). The van der Waals surface area contributed by atoms with Crippen LogP contribution in [0, 0.1) is 6.92 Å². The van der Waals surface area contributed by atoms with Gasteiger partial charge in [0.15, 0.2) is 0 Å². The monoisotopic (exact) mass is 429 g/mol. The Labute approximate surface area is 187 Å². The second-order valence-corrected chi connectivity index (χ2v) is 7.94. The van der Waals surface area contributed by atoms with Gasteiger partial charge >= 0.3 is 0 Å². The fourth-order valence-electron chi connectivity index (χ4n) is 3.98. The third-order valence-electron chi connectivity index (χ3n) is 5.61. The van der Waals surface area contributed by atoms with Crippen molar-refractivity contribution in [3.8, 4) is 0 Å². The molecule has 1 unspecified atom stereocenters. The summed E-state index contributed by atoms with van der Waals surface area (Å²) < 4.78 is 7.55. The average Bonchev–Trinajstić information content (AvgIpc) is 3.36. The lowest BCUT2D eigenvalue weighted by molar-refractivity contribution is 0.0932. The number of furan rings is 1. The number of aryl methyl sites for hydroxylation is 2. The van der Waals surface area contributed by atoms with E-state index in [0.717, 1.165) is 10.9 Å². The number of carbonyl (C=O) groups is 2. The number of amides is 2. The van der Waals surface area contributed by atoms with E-state index in [0.29, 0.717) is 42.0 Å². The number of nitrogens with zero attached hydrogens (tertiary/aromatic N) is 1. The minimum Gasteiger partial charge on any atom is -0.461 e. The fourth-order valence-corrected chi connectivity index (χ4v) is 3.98. The predicted octanol–water partition coefficient (Wildman–Crippen LogP) is 4.24. The number of hydrogen-bond acceptors (Lipinski definition) is 3. The molecular weight excluding hydrogens is 402 g/mol. The summed E-state index contributed by atoms with van der Waals surface area (Å²) in [4.78, 5) is 25.6. The highest BCUT2D eigenvalue weighted by atomic mass is 16.3. The Kier molecular flexibility index (Phi) is 6.40. The topological polar surface area (TPSA) is 76.3 Å². The molecule has 0 saturated heterocycles. The minimum absolute atomic E-state index is 0.126. The molecule has 0 radical (unpaired) electrons. The molecule has 0 aliphatic carbocycles. The summed E-state index contributed by atoms with van der Waals surface area (Å²) in [6.45, 7) is 2.26. The van der Waals surface area contributed by atoms with E-state index in [9.17, 15) is 9.59 Å². The molecule has 4 rings (SSSR count). The Morgan fingerprint density at radius 1 is 0.969 bits per heavy atom. The molecule has 0 spiro atoms. The number of hydrogen-bond donors (Lipinski definition) is 2. The zero-order chi connectivity index (χ0) is 22.5. The normalized spacial score (nSPS) is 11.9. The first-order valence-corrected chi connectivity index (χ1v) is 10.8. The Bertz CT molecular complexity index is 1220. The minimum atomic E-state index is -0.165. The molecular formula is C26H27N3O3. The molecule has 4 aromatic rings. The third-order valence-corrected chi connectivity index (χ3v) is 5.61. The number of para-hydroxylation sites is 1. The highest BCUT2D eigenvalue weighted by molar-refractivity contribution is 6.07. The summed E-state index contributed by atoms with van der Waals surface area (Å²) in [5, 5.41) is 6.93. The first-order valence-electron chi connectivity index (χ1n) is 10.8. The number of benzene rings is 2. The first-order chi connectivity index (χ1) is 15.5. The maximum absolute atomic E-state index is 13.2. The number of fused-ring (bicyclic) bond motifs is 1. The van der Waals surface area contributed by atoms with Crippen molar-refractivity contribution < 1.29 is 14.0 Å². The molecule has 2 N–H and O–H groups in total. The fraction of sp³-hybridized carbons (Fsp3) is 0.231. The van der Waals surface area contributed by atoms with E-state index in [1.165, 1.54) is 0 Å². The molecule has 6 nitrogen and oxygen atoms in total. The molecule has 164 valence electrons. The molecule has 6 heteroatoms. The van der Waals surface area contributed by atoms with Crippen LogP contribution < -0.4 is 10.6 Å². The molecule has 2 aromatic carbocycles. The van der Waals surface area contributed by atoms with Gasteiger partial charge in [-0.2, -0.15) is 0 Å². The van der Waals surface area contributed by atoms with Crippen LogP contribution in [0.15, 0.2) is 77.3 Å². The van der Waals surface area contributed by atoms with E-state index in [1.54, 1.807) is 17.6 Å². The van der Waals surface area contributed by atoms with Crippen LogP contribution in [0.1, 0.15) is 38.6 Å². The molecule has 32 heavy (non-hydrogen) atoms. The molecule has 1 atom stereocenters. The van der Waals surface area contributed by atoms with Gasteiger partial charge in [-0.1, -0.05) is 48.5 Å². The van der Waals surface area contributed by atoms with Crippen molar-refractivity contribution in [1.82, 2.24) is 15.2 Å². The zero-order valence-electron chi connectivity index (χ0n) is 18.3. The molecule has 2 amide bonds. The van der Waals surface area contributed by atoms with Crippen molar-refractivity contribution in [2.45, 2.75) is 25.8 Å². The van der Waals surface area contributed by atoms with Gasteiger partial charge in [0.2, 0.25) is 0 Å². The molecule has 2 heterocycles. The smallest absolute Gasteiger partial charge is 0.267 e. The van der Waals surface area contributed by atoms with E-state index in [4.69, 9.17) is 4.42 Å². The van der Waals surface area contributed by atoms with Crippen LogP contribution in [-0.4, -0.2) is 29.0 Å². The lowest BCUT2D eigenvalue weighted by Crippen LogP contribution is -2.39. The van der Waals surface area contributed by atoms with Crippen LogP contribution in [0.4, 0.5) is 0 Å². The summed E-state index contributed by atoms with van der Waals surface area (Å²) in [6, 6.07) is 21.0. The molecule has 0 aliphatic rings. The highest BCUT2D eigenvalue weighted by Crippen LogP contribution is 2.25. The van der Waals surface area contributed by atoms with Gasteiger partial charge in [-0.05, 0) is 43.5 Å². The van der Waals surface area contributed by atoms with Gasteiger partial charge in [0.05, 0.1) is 5.56 Å². The summed E-state index contributed by atoms with van der Waals surface area (Å²) in [5.41, 5.74) is 2.99. The Hall–Kier alpha value is -3.80. The largest absolute Gasteiger partial charge is 0.461 e. The zero-order valence-corrected chi connectivity index (χ0v) is 18.3. The lowest BCUT2D eigenvalue weighted by atomic mass is 10.0. The van der Waals surface area contributed by atoms with Crippen LogP contribution in [0.25, 0.3) is 11.0 Å². The quantitative estimate of drug-likeness (QED) is 0.440. The molecule has 0 aliphatic heterocycles. The summed E-state index contributed by atoms with van der Waals surface area (Å²) in [7, 11) is 1.84. The van der Waals surface area contributed by atoms with Crippen LogP contribution in [0.5, 0.6) is 0 Å². The van der Waals surface area contributed by atoms with Crippen molar-refractivity contribution in [2.75, 3.05) is 6.54 Å². The molecule has 2 aromatic heterocycles. The Morgan fingerprint density at radius 2 is 1.72 bits per heavy atom. The van der Waals surface area contributed by atoms with Crippen molar-refractivity contribution in [3.63, 3.8) is 0 Å². The molecule has 0 fully saturated rings. The number of carbonyl (C=O) groups excluding carboxylic acids is 2. The molecule has 0 bridgehead atoms. The van der Waals surface area contributed by atoms with Crippen LogP contribution in [0.2, 0.25) is 0 Å². The first kappa shape index (κ1) is 21.4. The van der Waals surface area contributed by atoms with Gasteiger partial charge in [-0.3, -0.25) is 9.59 Å². The number of nitrogens with one attached hydrogen (secondary N) is 2. The second-order valence-electron chi connectivity index (χ2n) is 7.94. The van der Waals surface area contributed by atoms with E-state index in [-0.39, 0.29) is 17.9 Å². The predicted molar refractivity (Wildman–Crippen MR) is 125 cm³/mol. The summed E-state index contributed by atoms with van der Waals surface area (Å²) >= 11 is 0. The number of rotatable bonds is 8. The van der Waals surface area contributed by atoms with E-state index >= 15 is 0 Å². The van der Waals surface area contributed by atoms with Crippen molar-refractivity contribution in [1.29, 1.82) is 0 Å². The average molecular weight is 430 g/mol. The van der Waals surface area contributed by atoms with Gasteiger partial charge in [0.1, 0.15) is 17.0 Å². The maximum atomic E-state index is 13.2. The second kappa shape index (κ2) is 9.56. The maximum Gasteiger partial charge on any atom is 0.267 e. The Balaban J connectivity index is 1.47. The Morgan fingerprint density at radius 3 is 2.47 bits per heavy atom. The van der Waals surface area contributed by atoms with Crippen molar-refractivity contribution in [2.24, 2.45) is 7.05 Å². The van der Waals surface area contributed by atoms with Gasteiger partial charge < -0.3 is 19.6 Å². The van der Waals surface area contributed by atoms with Gasteiger partial charge in [0, 0.05) is 31.2 Å². The lowest BCUT2D eigenvalue weighted by Gasteiger charge is -2.19. The summed E-state index contributed by atoms with van der Waals surface area (Å²) in [6.07, 6.45) is 3.11. The summed E-state index contributed by atoms with van der Waals surface area (Å²) in [5.74, 6) is 0.306. The number of aromatic nitrogens is 1. The van der Waals surface area contributed by atoms with Crippen molar-refractivity contribution in [3.05, 3.63) is 95.5 Å². The van der Waals surface area contributed by atoms with Gasteiger partial charge in [0.25, 0.3) is 11.8 Å². The van der Waals surface area contributed by atoms with Gasteiger partial charge in [-0.25, -0.2) is 0 Å². The van der Waals surface area contributed by atoms with Crippen molar-refractivity contribution >= 4 is 22.8 Å². The van der Waals surface area contributed by atoms with E-state index < -0.39 is 0 Å². The van der Waals surface area contributed by atoms with Gasteiger partial charge in [-0.15, -0.1) is 0 Å². The highest BCUT2D eigenvalue weighted by Gasteiger charge is 2.21. The van der Waals surface area contributed by atoms with E-state index in [1.807, 2.05) is 73.9 Å². The van der Waals surface area contributed by atoms with E-state index in [2.05, 4.69) is 10.6 Å². The third kappa shape index (κ3) is 4.75.